The van der Waals surface area contributed by atoms with Gasteiger partial charge in [-0.05, 0) is 45.9 Å². The molecule has 1 amide bonds. The van der Waals surface area contributed by atoms with Crippen LogP contribution in [0.15, 0.2) is 109 Å². The summed E-state index contributed by atoms with van der Waals surface area (Å²) >= 11 is 0. The highest BCUT2D eigenvalue weighted by Gasteiger charge is 2.56. The molecule has 0 aromatic heterocycles. The van der Waals surface area contributed by atoms with Gasteiger partial charge in [0.15, 0.2) is 0 Å². The predicted octanol–water partition coefficient (Wildman–Crippen LogP) is 8.07. The Morgan fingerprint density at radius 3 is 2.39 bits per heavy atom. The van der Waals surface area contributed by atoms with Crippen molar-refractivity contribution in [3.05, 3.63) is 131 Å². The molecule has 0 bridgehead atoms. The average Bonchev–Trinajstić information content (AvgIpc) is 3.14. The first-order chi connectivity index (χ1) is 17.6. The third kappa shape index (κ3) is 3.87. The summed E-state index contributed by atoms with van der Waals surface area (Å²) in [6, 6.07) is 33.9. The number of likely N-dealkylation sites (tertiary alicyclic amines) is 1. The Kier molecular flexibility index (Phi) is 5.81. The van der Waals surface area contributed by atoms with Crippen molar-refractivity contribution in [2.24, 2.45) is 11.3 Å². The van der Waals surface area contributed by atoms with Crippen molar-refractivity contribution in [3.63, 3.8) is 0 Å². The fourth-order valence-corrected chi connectivity index (χ4v) is 6.17. The maximum atomic E-state index is 14.1. The van der Waals surface area contributed by atoms with E-state index >= 15 is 0 Å². The Hall–Kier alpha value is -3.91. The third-order valence-electron chi connectivity index (χ3n) is 8.10. The number of benzene rings is 4. The first kappa shape index (κ1) is 22.5. The van der Waals surface area contributed by atoms with E-state index in [1.807, 2.05) is 12.1 Å². The van der Waals surface area contributed by atoms with E-state index in [2.05, 4.69) is 121 Å². The SMILES string of the molecule is CC12CCC=CC1C(c1ccc3ccccc3c1C=Cc1ccccc1)N(Cc1ccccc1)C2=O. The zero-order valence-electron chi connectivity index (χ0n) is 20.7. The lowest BCUT2D eigenvalue weighted by Crippen LogP contribution is -2.34. The molecule has 36 heavy (non-hydrogen) atoms. The van der Waals surface area contributed by atoms with Crippen molar-refractivity contribution in [2.75, 3.05) is 0 Å². The minimum absolute atomic E-state index is 0.0146. The van der Waals surface area contributed by atoms with E-state index in [9.17, 15) is 4.79 Å². The third-order valence-corrected chi connectivity index (χ3v) is 8.10. The second kappa shape index (κ2) is 9.28. The van der Waals surface area contributed by atoms with Gasteiger partial charge in [-0.3, -0.25) is 4.79 Å². The van der Waals surface area contributed by atoms with E-state index in [1.54, 1.807) is 0 Å². The lowest BCUT2D eigenvalue weighted by Gasteiger charge is -2.32. The molecule has 1 fully saturated rings. The van der Waals surface area contributed by atoms with E-state index in [-0.39, 0.29) is 23.3 Å². The molecule has 3 atom stereocenters. The van der Waals surface area contributed by atoms with Crippen LogP contribution in [0.25, 0.3) is 22.9 Å². The Morgan fingerprint density at radius 2 is 1.58 bits per heavy atom. The second-order valence-electron chi connectivity index (χ2n) is 10.3. The quantitative estimate of drug-likeness (QED) is 0.214. The molecule has 1 aliphatic heterocycles. The number of nitrogens with zero attached hydrogens (tertiary/aromatic N) is 1. The zero-order chi connectivity index (χ0) is 24.5. The van der Waals surface area contributed by atoms with Crippen LogP contribution in [0, 0.1) is 11.3 Å². The fraction of sp³-hybridized carbons (Fsp3) is 0.206. The smallest absolute Gasteiger partial charge is 0.230 e. The van der Waals surface area contributed by atoms with Gasteiger partial charge in [0.05, 0.1) is 11.5 Å². The first-order valence-electron chi connectivity index (χ1n) is 12.9. The van der Waals surface area contributed by atoms with E-state index < -0.39 is 0 Å². The van der Waals surface area contributed by atoms with Crippen LogP contribution in [0.3, 0.4) is 0 Å². The second-order valence-corrected chi connectivity index (χ2v) is 10.3. The van der Waals surface area contributed by atoms with Gasteiger partial charge in [0, 0.05) is 12.5 Å². The minimum Gasteiger partial charge on any atom is -0.330 e. The molecule has 1 heterocycles. The molecule has 178 valence electrons. The highest BCUT2D eigenvalue weighted by atomic mass is 16.2. The van der Waals surface area contributed by atoms with Crippen molar-refractivity contribution in [3.8, 4) is 0 Å². The summed E-state index contributed by atoms with van der Waals surface area (Å²) < 4.78 is 0. The number of hydrogen-bond donors (Lipinski definition) is 0. The normalized spacial score (nSPS) is 23.5. The standard InChI is InChI=1S/C34H31NO/c1-34-23-11-10-18-31(34)32(35(33(34)36)24-26-14-6-3-7-15-26)30-22-20-27-16-8-9-17-28(27)29(30)21-19-25-12-4-2-5-13-25/h2-10,12-22,31-32H,11,23-24H2,1H3. The molecule has 2 nitrogen and oxygen atoms in total. The molecule has 2 aliphatic rings. The molecule has 0 saturated carbocycles. The number of hydrogen-bond acceptors (Lipinski definition) is 1. The van der Waals surface area contributed by atoms with Gasteiger partial charge in [0.2, 0.25) is 5.91 Å². The molecule has 0 spiro atoms. The van der Waals surface area contributed by atoms with Crippen molar-refractivity contribution in [1.82, 2.24) is 4.90 Å². The monoisotopic (exact) mass is 469 g/mol. The van der Waals surface area contributed by atoms with Crippen LogP contribution >= 0.6 is 0 Å². The number of amides is 1. The van der Waals surface area contributed by atoms with E-state index in [0.717, 1.165) is 12.8 Å². The first-order valence-corrected chi connectivity index (χ1v) is 12.9. The largest absolute Gasteiger partial charge is 0.330 e. The van der Waals surface area contributed by atoms with E-state index in [4.69, 9.17) is 0 Å². The maximum Gasteiger partial charge on any atom is 0.230 e. The Balaban J connectivity index is 1.53. The van der Waals surface area contributed by atoms with Crippen molar-refractivity contribution in [1.29, 1.82) is 0 Å². The number of fused-ring (bicyclic) bond motifs is 2. The summed E-state index contributed by atoms with van der Waals surface area (Å²) in [4.78, 5) is 16.2. The van der Waals surface area contributed by atoms with Gasteiger partial charge < -0.3 is 4.90 Å². The molecule has 0 radical (unpaired) electrons. The lowest BCUT2D eigenvalue weighted by molar-refractivity contribution is -0.137. The Morgan fingerprint density at radius 1 is 0.861 bits per heavy atom. The molecular weight excluding hydrogens is 438 g/mol. The van der Waals surface area contributed by atoms with Crippen molar-refractivity contribution < 1.29 is 4.79 Å². The number of carbonyl (C=O) groups excluding carboxylic acids is 1. The van der Waals surface area contributed by atoms with Gasteiger partial charge in [-0.25, -0.2) is 0 Å². The summed E-state index contributed by atoms with van der Waals surface area (Å²) in [6.07, 6.45) is 10.9. The zero-order valence-corrected chi connectivity index (χ0v) is 20.7. The summed E-state index contributed by atoms with van der Waals surface area (Å²) in [5, 5.41) is 2.44. The maximum absolute atomic E-state index is 14.1. The fourth-order valence-electron chi connectivity index (χ4n) is 6.17. The molecule has 4 aromatic carbocycles. The highest BCUT2D eigenvalue weighted by Crippen LogP contribution is 2.55. The summed E-state index contributed by atoms with van der Waals surface area (Å²) in [7, 11) is 0. The van der Waals surface area contributed by atoms with Crippen LogP contribution in [0.2, 0.25) is 0 Å². The van der Waals surface area contributed by atoms with Crippen LogP contribution in [0.4, 0.5) is 0 Å². The van der Waals surface area contributed by atoms with Gasteiger partial charge in [0.1, 0.15) is 0 Å². The van der Waals surface area contributed by atoms with Gasteiger partial charge in [-0.15, -0.1) is 0 Å². The van der Waals surface area contributed by atoms with Crippen molar-refractivity contribution in [2.45, 2.75) is 32.4 Å². The summed E-state index contributed by atoms with van der Waals surface area (Å²) in [6.45, 7) is 2.81. The average molecular weight is 470 g/mol. The van der Waals surface area contributed by atoms with Gasteiger partial charge in [-0.1, -0.05) is 128 Å². The van der Waals surface area contributed by atoms with E-state index in [1.165, 1.54) is 33.0 Å². The number of rotatable bonds is 5. The molecule has 1 aliphatic carbocycles. The molecule has 4 aromatic rings. The molecular formula is C34H31NO. The van der Waals surface area contributed by atoms with Crippen LogP contribution < -0.4 is 0 Å². The molecule has 2 heteroatoms. The summed E-state index contributed by atoms with van der Waals surface area (Å²) in [5.41, 5.74) is 4.40. The highest BCUT2D eigenvalue weighted by molar-refractivity contribution is 5.95. The van der Waals surface area contributed by atoms with Gasteiger partial charge in [-0.2, -0.15) is 0 Å². The van der Waals surface area contributed by atoms with Crippen LogP contribution in [-0.2, 0) is 11.3 Å². The molecule has 3 unspecified atom stereocenters. The number of carbonyl (C=O) groups is 1. The van der Waals surface area contributed by atoms with Crippen LogP contribution in [-0.4, -0.2) is 10.8 Å². The number of allylic oxidation sites excluding steroid dienone is 1. The minimum atomic E-state index is -0.375. The van der Waals surface area contributed by atoms with Crippen LogP contribution in [0.5, 0.6) is 0 Å². The molecule has 1 saturated heterocycles. The van der Waals surface area contributed by atoms with Crippen LogP contribution in [0.1, 0.15) is 48.1 Å². The van der Waals surface area contributed by atoms with Crippen molar-refractivity contribution >= 4 is 28.8 Å². The summed E-state index contributed by atoms with van der Waals surface area (Å²) in [5.74, 6) is 0.421. The predicted molar refractivity (Wildman–Crippen MR) is 149 cm³/mol. The molecule has 6 rings (SSSR count). The Bertz CT molecular complexity index is 1450. The van der Waals surface area contributed by atoms with E-state index in [0.29, 0.717) is 6.54 Å². The van der Waals surface area contributed by atoms with Gasteiger partial charge >= 0.3 is 0 Å². The van der Waals surface area contributed by atoms with Gasteiger partial charge in [0.25, 0.3) is 0 Å². The topological polar surface area (TPSA) is 20.3 Å². The molecule has 0 N–H and O–H groups in total. The Labute approximate surface area is 213 Å². The lowest BCUT2D eigenvalue weighted by atomic mass is 9.69.